The SMILES string of the molecule is COC(=O)CSCc1ccc(F)c(C#N)c1. The zero-order valence-corrected chi connectivity index (χ0v) is 9.51. The molecule has 1 rings (SSSR count). The fourth-order valence-corrected chi connectivity index (χ4v) is 1.86. The Bertz CT molecular complexity index is 428. The standard InChI is InChI=1S/C11H10FNO2S/c1-15-11(14)7-16-6-8-2-3-10(12)9(4-8)5-13/h2-4H,6-7H2,1H3. The van der Waals surface area contributed by atoms with E-state index in [4.69, 9.17) is 5.26 Å². The minimum atomic E-state index is -0.524. The summed E-state index contributed by atoms with van der Waals surface area (Å²) < 4.78 is 17.5. The van der Waals surface area contributed by atoms with Crippen LogP contribution >= 0.6 is 11.8 Å². The van der Waals surface area contributed by atoms with E-state index >= 15 is 0 Å². The zero-order valence-electron chi connectivity index (χ0n) is 8.70. The lowest BCUT2D eigenvalue weighted by molar-refractivity contribution is -0.137. The Morgan fingerprint density at radius 3 is 3.00 bits per heavy atom. The smallest absolute Gasteiger partial charge is 0.315 e. The Labute approximate surface area is 97.2 Å². The Morgan fingerprint density at radius 1 is 1.62 bits per heavy atom. The van der Waals surface area contributed by atoms with Crippen molar-refractivity contribution in [2.24, 2.45) is 0 Å². The molecule has 0 aromatic heterocycles. The average Bonchev–Trinajstić information content (AvgIpc) is 2.31. The van der Waals surface area contributed by atoms with Crippen LogP contribution in [-0.4, -0.2) is 18.8 Å². The summed E-state index contributed by atoms with van der Waals surface area (Å²) in [4.78, 5) is 10.8. The minimum Gasteiger partial charge on any atom is -0.468 e. The van der Waals surface area contributed by atoms with Crippen molar-refractivity contribution in [1.82, 2.24) is 0 Å². The monoisotopic (exact) mass is 239 g/mol. The molecule has 16 heavy (non-hydrogen) atoms. The molecule has 0 amide bonds. The number of carbonyl (C=O) groups is 1. The van der Waals surface area contributed by atoms with Crippen molar-refractivity contribution in [3.05, 3.63) is 35.1 Å². The number of ether oxygens (including phenoxy) is 1. The van der Waals surface area contributed by atoms with E-state index in [1.54, 1.807) is 12.1 Å². The van der Waals surface area contributed by atoms with E-state index in [2.05, 4.69) is 4.74 Å². The molecule has 1 aromatic rings. The van der Waals surface area contributed by atoms with Gasteiger partial charge in [0.2, 0.25) is 0 Å². The lowest BCUT2D eigenvalue weighted by Gasteiger charge is -2.02. The van der Waals surface area contributed by atoms with Gasteiger partial charge in [0.05, 0.1) is 18.4 Å². The van der Waals surface area contributed by atoms with E-state index in [0.29, 0.717) is 5.75 Å². The average molecular weight is 239 g/mol. The number of rotatable bonds is 4. The highest BCUT2D eigenvalue weighted by Gasteiger charge is 2.04. The van der Waals surface area contributed by atoms with Gasteiger partial charge in [-0.15, -0.1) is 11.8 Å². The number of methoxy groups -OCH3 is 1. The Hall–Kier alpha value is -1.54. The number of nitriles is 1. The van der Waals surface area contributed by atoms with E-state index in [-0.39, 0.29) is 17.3 Å². The third kappa shape index (κ3) is 3.55. The molecule has 0 aliphatic carbocycles. The van der Waals surface area contributed by atoms with Crippen molar-refractivity contribution in [2.75, 3.05) is 12.9 Å². The van der Waals surface area contributed by atoms with Crippen LogP contribution in [0.1, 0.15) is 11.1 Å². The second kappa shape index (κ2) is 6.13. The molecule has 3 nitrogen and oxygen atoms in total. The number of carbonyl (C=O) groups excluding carboxylic acids is 1. The molecule has 0 aliphatic heterocycles. The molecule has 0 fully saturated rings. The fourth-order valence-electron chi connectivity index (χ4n) is 1.06. The predicted molar refractivity (Wildman–Crippen MR) is 59.3 cm³/mol. The number of halogens is 1. The maximum atomic E-state index is 13.0. The summed E-state index contributed by atoms with van der Waals surface area (Å²) in [7, 11) is 1.33. The summed E-state index contributed by atoms with van der Waals surface area (Å²) >= 11 is 1.36. The van der Waals surface area contributed by atoms with Crippen molar-refractivity contribution < 1.29 is 13.9 Å². The summed E-state index contributed by atoms with van der Waals surface area (Å²) in [5, 5.41) is 8.62. The molecule has 0 heterocycles. The van der Waals surface area contributed by atoms with E-state index in [9.17, 15) is 9.18 Å². The lowest BCUT2D eigenvalue weighted by Crippen LogP contribution is -2.03. The maximum absolute atomic E-state index is 13.0. The van der Waals surface area contributed by atoms with Crippen LogP contribution in [0.2, 0.25) is 0 Å². The summed E-state index contributed by atoms with van der Waals surface area (Å²) in [6, 6.07) is 6.11. The van der Waals surface area contributed by atoms with Gasteiger partial charge in [0, 0.05) is 5.75 Å². The summed E-state index contributed by atoms with van der Waals surface area (Å²) in [5.41, 5.74) is 0.836. The van der Waals surface area contributed by atoms with E-state index in [1.807, 2.05) is 0 Å². The number of benzene rings is 1. The van der Waals surface area contributed by atoms with E-state index < -0.39 is 5.82 Å². The van der Waals surface area contributed by atoms with Gasteiger partial charge in [0.1, 0.15) is 11.9 Å². The molecule has 0 N–H and O–H groups in total. The van der Waals surface area contributed by atoms with Gasteiger partial charge in [0.15, 0.2) is 0 Å². The second-order valence-corrected chi connectivity index (χ2v) is 3.98. The summed E-state index contributed by atoms with van der Waals surface area (Å²) in [6.07, 6.45) is 0. The predicted octanol–water partition coefficient (Wildman–Crippen LogP) is 2.10. The van der Waals surface area contributed by atoms with Gasteiger partial charge in [-0.05, 0) is 17.7 Å². The van der Waals surface area contributed by atoms with Crippen molar-refractivity contribution in [1.29, 1.82) is 5.26 Å². The summed E-state index contributed by atoms with van der Waals surface area (Å²) in [6.45, 7) is 0. The van der Waals surface area contributed by atoms with E-state index in [0.717, 1.165) is 5.56 Å². The van der Waals surface area contributed by atoms with Gasteiger partial charge >= 0.3 is 5.97 Å². The highest BCUT2D eigenvalue weighted by Crippen LogP contribution is 2.15. The quantitative estimate of drug-likeness (QED) is 0.755. The summed E-state index contributed by atoms with van der Waals surface area (Å²) in [5.74, 6) is -0.0309. The number of hydrogen-bond acceptors (Lipinski definition) is 4. The molecular formula is C11H10FNO2S. The van der Waals surface area contributed by atoms with Crippen LogP contribution in [0.25, 0.3) is 0 Å². The first kappa shape index (κ1) is 12.5. The van der Waals surface area contributed by atoms with Crippen LogP contribution in [0.3, 0.4) is 0 Å². The first-order valence-electron chi connectivity index (χ1n) is 4.50. The van der Waals surface area contributed by atoms with Crippen molar-refractivity contribution >= 4 is 17.7 Å². The number of thioether (sulfide) groups is 1. The van der Waals surface area contributed by atoms with Crippen LogP contribution in [0.15, 0.2) is 18.2 Å². The largest absolute Gasteiger partial charge is 0.468 e. The Kier molecular flexibility index (Phi) is 4.80. The highest BCUT2D eigenvalue weighted by atomic mass is 32.2. The molecule has 0 bridgehead atoms. The first-order chi connectivity index (χ1) is 7.67. The molecule has 0 spiro atoms. The van der Waals surface area contributed by atoms with Gasteiger partial charge in [-0.25, -0.2) is 4.39 Å². The molecule has 0 saturated carbocycles. The van der Waals surface area contributed by atoms with Crippen LogP contribution in [0, 0.1) is 17.1 Å². The Balaban J connectivity index is 2.55. The fraction of sp³-hybridized carbons (Fsp3) is 0.273. The lowest BCUT2D eigenvalue weighted by atomic mass is 10.1. The molecule has 0 radical (unpaired) electrons. The molecule has 84 valence electrons. The van der Waals surface area contributed by atoms with Crippen molar-refractivity contribution in [3.63, 3.8) is 0 Å². The molecule has 1 aromatic carbocycles. The topological polar surface area (TPSA) is 50.1 Å². The molecule has 0 atom stereocenters. The highest BCUT2D eigenvalue weighted by molar-refractivity contribution is 7.99. The van der Waals surface area contributed by atoms with Gasteiger partial charge in [-0.2, -0.15) is 5.26 Å². The van der Waals surface area contributed by atoms with Crippen LogP contribution < -0.4 is 0 Å². The first-order valence-corrected chi connectivity index (χ1v) is 5.66. The normalized spacial score (nSPS) is 9.56. The molecule has 0 saturated heterocycles. The number of nitrogens with zero attached hydrogens (tertiary/aromatic N) is 1. The van der Waals surface area contributed by atoms with Crippen molar-refractivity contribution in [2.45, 2.75) is 5.75 Å². The number of esters is 1. The van der Waals surface area contributed by atoms with Gasteiger partial charge < -0.3 is 4.74 Å². The molecule has 0 unspecified atom stereocenters. The zero-order chi connectivity index (χ0) is 12.0. The van der Waals surface area contributed by atoms with Crippen LogP contribution in [-0.2, 0) is 15.3 Å². The van der Waals surface area contributed by atoms with Gasteiger partial charge in [-0.3, -0.25) is 4.79 Å². The van der Waals surface area contributed by atoms with Gasteiger partial charge in [0.25, 0.3) is 0 Å². The third-order valence-corrected chi connectivity index (χ3v) is 2.84. The Morgan fingerprint density at radius 2 is 2.38 bits per heavy atom. The maximum Gasteiger partial charge on any atom is 0.315 e. The second-order valence-electron chi connectivity index (χ2n) is 2.99. The molecular weight excluding hydrogens is 229 g/mol. The molecule has 5 heteroatoms. The van der Waals surface area contributed by atoms with Gasteiger partial charge in [-0.1, -0.05) is 6.07 Å². The minimum absolute atomic E-state index is 0.0242. The number of hydrogen-bond donors (Lipinski definition) is 0. The van der Waals surface area contributed by atoms with Crippen LogP contribution in [0.5, 0.6) is 0 Å². The third-order valence-electron chi connectivity index (χ3n) is 1.87. The van der Waals surface area contributed by atoms with Crippen molar-refractivity contribution in [3.8, 4) is 6.07 Å². The van der Waals surface area contributed by atoms with E-state index in [1.165, 1.54) is 31.0 Å². The molecule has 0 aliphatic rings. The van der Waals surface area contributed by atoms with Crippen LogP contribution in [0.4, 0.5) is 4.39 Å².